The quantitative estimate of drug-likeness (QED) is 0.883. The fraction of sp³-hybridized carbons (Fsp3) is 0.294. The molecule has 0 bridgehead atoms. The van der Waals surface area contributed by atoms with Gasteiger partial charge in [-0.1, -0.05) is 30.3 Å². The monoisotopic (exact) mass is 297 g/mol. The lowest BCUT2D eigenvalue weighted by Gasteiger charge is -2.22. The van der Waals surface area contributed by atoms with Gasteiger partial charge in [-0.25, -0.2) is 0 Å². The van der Waals surface area contributed by atoms with E-state index in [4.69, 9.17) is 4.74 Å². The molecule has 0 spiro atoms. The van der Waals surface area contributed by atoms with E-state index >= 15 is 0 Å². The summed E-state index contributed by atoms with van der Waals surface area (Å²) in [4.78, 5) is 11.9. The van der Waals surface area contributed by atoms with Gasteiger partial charge in [0.15, 0.2) is 0 Å². The molecule has 1 aliphatic rings. The number of carbonyl (C=O) groups excluding carboxylic acids is 1. The lowest BCUT2D eigenvalue weighted by molar-refractivity contribution is -0.111. The molecule has 2 aromatic rings. The predicted molar refractivity (Wildman–Crippen MR) is 85.4 cm³/mol. The van der Waals surface area contributed by atoms with Crippen LogP contribution in [0.1, 0.15) is 24.4 Å². The largest absolute Gasteiger partial charge is 0.381 e. The minimum Gasteiger partial charge on any atom is -0.381 e. The third-order valence-corrected chi connectivity index (χ3v) is 3.66. The van der Waals surface area contributed by atoms with Gasteiger partial charge in [-0.3, -0.25) is 9.48 Å². The zero-order valence-corrected chi connectivity index (χ0v) is 12.3. The Morgan fingerprint density at radius 3 is 2.82 bits per heavy atom. The molecule has 1 aliphatic heterocycles. The van der Waals surface area contributed by atoms with Gasteiger partial charge in [0.05, 0.1) is 17.9 Å². The first-order valence-corrected chi connectivity index (χ1v) is 7.47. The van der Waals surface area contributed by atoms with Gasteiger partial charge >= 0.3 is 0 Å². The summed E-state index contributed by atoms with van der Waals surface area (Å²) < 4.78 is 7.26. The number of benzene rings is 1. The molecule has 114 valence electrons. The van der Waals surface area contributed by atoms with Crippen LogP contribution in [0.3, 0.4) is 0 Å². The Kier molecular flexibility index (Phi) is 4.65. The highest BCUT2D eigenvalue weighted by molar-refractivity contribution is 6.01. The van der Waals surface area contributed by atoms with Crippen LogP contribution >= 0.6 is 0 Å². The standard InChI is InChI=1S/C17H19N3O2/c21-17(7-6-14-4-2-1-3-5-14)19-15-12-18-20(13-15)16-8-10-22-11-9-16/h1-7,12-13,16H,8-11H2,(H,19,21). The SMILES string of the molecule is O=C(C=Cc1ccccc1)Nc1cnn(C2CCOCC2)c1. The third kappa shape index (κ3) is 3.83. The molecule has 2 heterocycles. The summed E-state index contributed by atoms with van der Waals surface area (Å²) >= 11 is 0. The summed E-state index contributed by atoms with van der Waals surface area (Å²) in [5, 5.41) is 7.16. The predicted octanol–water partition coefficient (Wildman–Crippen LogP) is 2.89. The first-order valence-electron chi connectivity index (χ1n) is 7.47. The number of amides is 1. The lowest BCUT2D eigenvalue weighted by Crippen LogP contribution is -2.19. The molecule has 5 nitrogen and oxygen atoms in total. The molecule has 0 radical (unpaired) electrons. The molecule has 1 N–H and O–H groups in total. The second-order valence-corrected chi connectivity index (χ2v) is 5.29. The Labute approximate surface area is 129 Å². The van der Waals surface area contributed by atoms with Gasteiger partial charge < -0.3 is 10.1 Å². The van der Waals surface area contributed by atoms with E-state index in [1.54, 1.807) is 12.3 Å². The van der Waals surface area contributed by atoms with Crippen LogP contribution in [0.15, 0.2) is 48.8 Å². The van der Waals surface area contributed by atoms with Crippen molar-refractivity contribution in [2.24, 2.45) is 0 Å². The molecule has 1 aromatic carbocycles. The molecule has 0 atom stereocenters. The molecule has 0 saturated carbocycles. The van der Waals surface area contributed by atoms with Gasteiger partial charge in [0.1, 0.15) is 0 Å². The van der Waals surface area contributed by atoms with E-state index in [0.717, 1.165) is 31.6 Å². The number of hydrogen-bond acceptors (Lipinski definition) is 3. The normalized spacial score (nSPS) is 16.0. The molecule has 22 heavy (non-hydrogen) atoms. The van der Waals surface area contributed by atoms with E-state index in [9.17, 15) is 4.79 Å². The maximum atomic E-state index is 11.9. The summed E-state index contributed by atoms with van der Waals surface area (Å²) in [5.41, 5.74) is 1.71. The average molecular weight is 297 g/mol. The van der Waals surface area contributed by atoms with Crippen LogP contribution in [0.2, 0.25) is 0 Å². The third-order valence-electron chi connectivity index (χ3n) is 3.66. The molecule has 1 amide bonds. The van der Waals surface area contributed by atoms with Crippen LogP contribution in [-0.2, 0) is 9.53 Å². The molecule has 3 rings (SSSR count). The van der Waals surface area contributed by atoms with Gasteiger partial charge in [0.2, 0.25) is 5.91 Å². The summed E-state index contributed by atoms with van der Waals surface area (Å²) in [5.74, 6) is -0.157. The molecule has 0 aliphatic carbocycles. The second kappa shape index (κ2) is 7.04. The second-order valence-electron chi connectivity index (χ2n) is 5.29. The number of carbonyl (C=O) groups is 1. The van der Waals surface area contributed by atoms with Crippen LogP contribution in [0.4, 0.5) is 5.69 Å². The van der Waals surface area contributed by atoms with Crippen molar-refractivity contribution < 1.29 is 9.53 Å². The first-order chi connectivity index (χ1) is 10.8. The van der Waals surface area contributed by atoms with Crippen molar-refractivity contribution in [2.75, 3.05) is 18.5 Å². The molecule has 0 unspecified atom stereocenters. The van der Waals surface area contributed by atoms with Gasteiger partial charge in [-0.15, -0.1) is 0 Å². The van der Waals surface area contributed by atoms with Crippen LogP contribution in [0.25, 0.3) is 6.08 Å². The fourth-order valence-electron chi connectivity index (χ4n) is 2.47. The maximum Gasteiger partial charge on any atom is 0.248 e. The number of hydrogen-bond donors (Lipinski definition) is 1. The van der Waals surface area contributed by atoms with E-state index in [2.05, 4.69) is 10.4 Å². The summed E-state index contributed by atoms with van der Waals surface area (Å²) in [6, 6.07) is 10.1. The number of nitrogens with zero attached hydrogens (tertiary/aromatic N) is 2. The van der Waals surface area contributed by atoms with Crippen molar-refractivity contribution in [3.05, 3.63) is 54.4 Å². The summed E-state index contributed by atoms with van der Waals surface area (Å²) in [6.45, 7) is 1.54. The smallest absolute Gasteiger partial charge is 0.248 e. The van der Waals surface area contributed by atoms with Gasteiger partial charge in [-0.05, 0) is 24.5 Å². The zero-order valence-electron chi connectivity index (χ0n) is 12.3. The summed E-state index contributed by atoms with van der Waals surface area (Å²) in [7, 11) is 0. The molecular formula is C17H19N3O2. The topological polar surface area (TPSA) is 56.2 Å². The number of ether oxygens (including phenoxy) is 1. The van der Waals surface area contributed by atoms with Crippen molar-refractivity contribution in [3.63, 3.8) is 0 Å². The van der Waals surface area contributed by atoms with Crippen molar-refractivity contribution in [1.29, 1.82) is 0 Å². The molecular weight excluding hydrogens is 278 g/mol. The fourth-order valence-corrected chi connectivity index (χ4v) is 2.47. The highest BCUT2D eigenvalue weighted by Gasteiger charge is 2.16. The van der Waals surface area contributed by atoms with Gasteiger partial charge in [-0.2, -0.15) is 5.10 Å². The minimum atomic E-state index is -0.157. The van der Waals surface area contributed by atoms with Crippen molar-refractivity contribution in [2.45, 2.75) is 18.9 Å². The lowest BCUT2D eigenvalue weighted by atomic mass is 10.1. The van der Waals surface area contributed by atoms with Crippen LogP contribution in [0.5, 0.6) is 0 Å². The zero-order chi connectivity index (χ0) is 15.2. The molecule has 1 aromatic heterocycles. The van der Waals surface area contributed by atoms with E-state index in [1.807, 2.05) is 41.2 Å². The van der Waals surface area contributed by atoms with E-state index in [1.165, 1.54) is 6.08 Å². The van der Waals surface area contributed by atoms with Crippen LogP contribution in [0, 0.1) is 0 Å². The Hall–Kier alpha value is -2.40. The number of nitrogens with one attached hydrogen (secondary N) is 1. The Morgan fingerprint density at radius 2 is 2.05 bits per heavy atom. The van der Waals surface area contributed by atoms with E-state index in [-0.39, 0.29) is 5.91 Å². The van der Waals surface area contributed by atoms with Crippen LogP contribution in [-0.4, -0.2) is 28.9 Å². The highest BCUT2D eigenvalue weighted by Crippen LogP contribution is 2.21. The van der Waals surface area contributed by atoms with Gasteiger partial charge in [0.25, 0.3) is 0 Å². The average Bonchev–Trinajstić information content (AvgIpc) is 3.03. The number of aromatic nitrogens is 2. The van der Waals surface area contributed by atoms with Crippen molar-refractivity contribution in [3.8, 4) is 0 Å². The number of anilines is 1. The Balaban J connectivity index is 1.57. The van der Waals surface area contributed by atoms with E-state index < -0.39 is 0 Å². The molecule has 1 fully saturated rings. The number of rotatable bonds is 4. The summed E-state index contributed by atoms with van der Waals surface area (Å²) in [6.07, 6.45) is 8.80. The molecule has 5 heteroatoms. The van der Waals surface area contributed by atoms with Crippen molar-refractivity contribution in [1.82, 2.24) is 9.78 Å². The maximum absolute atomic E-state index is 11.9. The van der Waals surface area contributed by atoms with Gasteiger partial charge in [0, 0.05) is 25.5 Å². The minimum absolute atomic E-state index is 0.157. The first kappa shape index (κ1) is 14.5. The van der Waals surface area contributed by atoms with Crippen molar-refractivity contribution >= 4 is 17.7 Å². The highest BCUT2D eigenvalue weighted by atomic mass is 16.5. The van der Waals surface area contributed by atoms with Crippen LogP contribution < -0.4 is 5.32 Å². The Bertz CT molecular complexity index is 643. The van der Waals surface area contributed by atoms with E-state index in [0.29, 0.717) is 11.7 Å². The Morgan fingerprint density at radius 1 is 1.27 bits per heavy atom. The molecule has 1 saturated heterocycles.